The minimum absolute atomic E-state index is 0.0568. The number of hydrogen-bond donors (Lipinski definition) is 1. The van der Waals surface area contributed by atoms with Gasteiger partial charge in [0.1, 0.15) is 5.82 Å². The van der Waals surface area contributed by atoms with Crippen molar-refractivity contribution in [1.29, 1.82) is 0 Å². The van der Waals surface area contributed by atoms with Gasteiger partial charge < -0.3 is 15.0 Å². The highest BCUT2D eigenvalue weighted by atomic mass is 16.5. The lowest BCUT2D eigenvalue weighted by atomic mass is 9.90. The maximum absolute atomic E-state index is 12.3. The molecule has 0 radical (unpaired) electrons. The monoisotopic (exact) mass is 344 g/mol. The zero-order valence-corrected chi connectivity index (χ0v) is 14.8. The van der Waals surface area contributed by atoms with Crippen LogP contribution >= 0.6 is 0 Å². The number of rotatable bonds is 5. The van der Waals surface area contributed by atoms with Gasteiger partial charge in [0.15, 0.2) is 0 Å². The van der Waals surface area contributed by atoms with Crippen LogP contribution in [0.1, 0.15) is 55.8 Å². The van der Waals surface area contributed by atoms with Gasteiger partial charge in [-0.25, -0.2) is 14.8 Å². The number of aromatic nitrogens is 2. The number of ether oxygens (including phenoxy) is 1. The standard InChI is InChI=1S/C19H28N4O2/c24-19(23-9-6-15(7-10-23)17-2-1-11-25-17)20-8-5-14-12-21-18(22-13-14)16-3-4-16/h12-13,15-17H,1-11H2,(H,20,24). The molecule has 0 bridgehead atoms. The van der Waals surface area contributed by atoms with Crippen LogP contribution in [0.4, 0.5) is 4.79 Å². The van der Waals surface area contributed by atoms with E-state index in [1.807, 2.05) is 17.3 Å². The number of amides is 2. The van der Waals surface area contributed by atoms with E-state index in [0.29, 0.717) is 24.5 Å². The van der Waals surface area contributed by atoms with Crippen LogP contribution in [-0.2, 0) is 11.2 Å². The number of carbonyl (C=O) groups is 1. The average molecular weight is 344 g/mol. The normalized spacial score (nSPS) is 24.5. The fourth-order valence-electron chi connectivity index (χ4n) is 3.92. The molecule has 6 heteroatoms. The molecule has 2 amide bonds. The zero-order valence-electron chi connectivity index (χ0n) is 14.8. The maximum atomic E-state index is 12.3. The Labute approximate surface area is 149 Å². The summed E-state index contributed by atoms with van der Waals surface area (Å²) in [7, 11) is 0. The second kappa shape index (κ2) is 7.68. The van der Waals surface area contributed by atoms with Gasteiger partial charge in [-0.15, -0.1) is 0 Å². The number of urea groups is 1. The molecule has 1 aliphatic carbocycles. The Morgan fingerprint density at radius 2 is 1.92 bits per heavy atom. The molecule has 1 unspecified atom stereocenters. The second-order valence-corrected chi connectivity index (χ2v) is 7.58. The largest absolute Gasteiger partial charge is 0.378 e. The molecule has 2 saturated heterocycles. The van der Waals surface area contributed by atoms with E-state index in [1.54, 1.807) is 0 Å². The Hall–Kier alpha value is -1.69. The van der Waals surface area contributed by atoms with Gasteiger partial charge in [0.25, 0.3) is 0 Å². The predicted molar refractivity (Wildman–Crippen MR) is 94.4 cm³/mol. The second-order valence-electron chi connectivity index (χ2n) is 7.58. The number of nitrogens with zero attached hydrogens (tertiary/aromatic N) is 3. The first-order valence-corrected chi connectivity index (χ1v) is 9.75. The van der Waals surface area contributed by atoms with Crippen molar-refractivity contribution >= 4 is 6.03 Å². The van der Waals surface area contributed by atoms with Crippen molar-refractivity contribution < 1.29 is 9.53 Å². The van der Waals surface area contributed by atoms with Crippen LogP contribution in [-0.4, -0.2) is 53.2 Å². The number of nitrogens with one attached hydrogen (secondary N) is 1. The highest BCUT2D eigenvalue weighted by Crippen LogP contribution is 2.37. The molecule has 2 aliphatic heterocycles. The topological polar surface area (TPSA) is 67.4 Å². The molecule has 1 aromatic rings. The lowest BCUT2D eigenvalue weighted by molar-refractivity contribution is 0.0373. The summed E-state index contributed by atoms with van der Waals surface area (Å²) in [4.78, 5) is 23.1. The highest BCUT2D eigenvalue weighted by molar-refractivity contribution is 5.74. The summed E-state index contributed by atoms with van der Waals surface area (Å²) >= 11 is 0. The van der Waals surface area contributed by atoms with Gasteiger partial charge in [0, 0.05) is 44.6 Å². The van der Waals surface area contributed by atoms with E-state index in [0.717, 1.165) is 50.3 Å². The van der Waals surface area contributed by atoms with Gasteiger partial charge in [0.2, 0.25) is 0 Å². The summed E-state index contributed by atoms with van der Waals surface area (Å²) in [5, 5.41) is 3.04. The third kappa shape index (κ3) is 4.29. The van der Waals surface area contributed by atoms with Crippen molar-refractivity contribution in [2.45, 2.75) is 57.0 Å². The predicted octanol–water partition coefficient (Wildman–Crippen LogP) is 2.50. The number of likely N-dealkylation sites (tertiary alicyclic amines) is 1. The Balaban J connectivity index is 1.16. The molecule has 1 N–H and O–H groups in total. The Bertz CT molecular complexity index is 574. The summed E-state index contributed by atoms with van der Waals surface area (Å²) in [6, 6.07) is 0.0568. The van der Waals surface area contributed by atoms with E-state index >= 15 is 0 Å². The zero-order chi connectivity index (χ0) is 17.1. The van der Waals surface area contributed by atoms with Gasteiger partial charge >= 0.3 is 6.03 Å². The van der Waals surface area contributed by atoms with Crippen molar-refractivity contribution in [3.8, 4) is 0 Å². The average Bonchev–Trinajstić information content (AvgIpc) is 3.36. The quantitative estimate of drug-likeness (QED) is 0.891. The van der Waals surface area contributed by atoms with Crippen LogP contribution in [0.5, 0.6) is 0 Å². The molecule has 3 heterocycles. The lowest BCUT2D eigenvalue weighted by Gasteiger charge is -2.34. The fraction of sp³-hybridized carbons (Fsp3) is 0.737. The minimum atomic E-state index is 0.0568. The first-order chi connectivity index (χ1) is 12.3. The summed E-state index contributed by atoms with van der Waals surface area (Å²) < 4.78 is 5.80. The van der Waals surface area contributed by atoms with Crippen molar-refractivity contribution in [2.24, 2.45) is 5.92 Å². The molecule has 25 heavy (non-hydrogen) atoms. The molecule has 0 spiro atoms. The van der Waals surface area contributed by atoms with Gasteiger partial charge in [-0.3, -0.25) is 0 Å². The van der Waals surface area contributed by atoms with Crippen LogP contribution < -0.4 is 5.32 Å². The Morgan fingerprint density at radius 3 is 2.56 bits per heavy atom. The molecule has 136 valence electrons. The van der Waals surface area contributed by atoms with Crippen molar-refractivity contribution in [3.63, 3.8) is 0 Å². The first-order valence-electron chi connectivity index (χ1n) is 9.75. The smallest absolute Gasteiger partial charge is 0.317 e. The van der Waals surface area contributed by atoms with Gasteiger partial charge in [0.05, 0.1) is 6.10 Å². The van der Waals surface area contributed by atoms with E-state index in [9.17, 15) is 4.79 Å². The van der Waals surface area contributed by atoms with Gasteiger partial charge in [-0.05, 0) is 56.4 Å². The molecule has 3 aliphatic rings. The SMILES string of the molecule is O=C(NCCc1cnc(C2CC2)nc1)N1CCC(C2CCCO2)CC1. The number of carbonyl (C=O) groups excluding carboxylic acids is 1. The maximum Gasteiger partial charge on any atom is 0.317 e. The summed E-state index contributed by atoms with van der Waals surface area (Å²) in [6.07, 6.45) is 12.0. The Kier molecular flexibility index (Phi) is 5.15. The number of piperidine rings is 1. The van der Waals surface area contributed by atoms with Crippen molar-refractivity contribution in [3.05, 3.63) is 23.8 Å². The van der Waals surface area contributed by atoms with Crippen LogP contribution in [0.15, 0.2) is 12.4 Å². The summed E-state index contributed by atoms with van der Waals surface area (Å²) in [6.45, 7) is 3.23. The van der Waals surface area contributed by atoms with Crippen LogP contribution in [0, 0.1) is 5.92 Å². The van der Waals surface area contributed by atoms with Crippen molar-refractivity contribution in [1.82, 2.24) is 20.2 Å². The van der Waals surface area contributed by atoms with E-state index in [4.69, 9.17) is 4.74 Å². The Morgan fingerprint density at radius 1 is 1.16 bits per heavy atom. The molecule has 0 aromatic carbocycles. The van der Waals surface area contributed by atoms with Crippen molar-refractivity contribution in [2.75, 3.05) is 26.2 Å². The molecule has 1 aromatic heterocycles. The summed E-state index contributed by atoms with van der Waals surface area (Å²) in [5.41, 5.74) is 1.08. The molecule has 4 rings (SSSR count). The van der Waals surface area contributed by atoms with Crippen LogP contribution in [0.25, 0.3) is 0 Å². The first kappa shape index (κ1) is 16.8. The molecular formula is C19H28N4O2. The van der Waals surface area contributed by atoms with Crippen LogP contribution in [0.2, 0.25) is 0 Å². The molecule has 1 atom stereocenters. The highest BCUT2D eigenvalue weighted by Gasteiger charge is 2.30. The molecule has 6 nitrogen and oxygen atoms in total. The lowest BCUT2D eigenvalue weighted by Crippen LogP contribution is -2.46. The third-order valence-electron chi connectivity index (χ3n) is 5.68. The van der Waals surface area contributed by atoms with Crippen LogP contribution in [0.3, 0.4) is 0 Å². The van der Waals surface area contributed by atoms with E-state index in [-0.39, 0.29) is 6.03 Å². The fourth-order valence-corrected chi connectivity index (χ4v) is 3.92. The van der Waals surface area contributed by atoms with E-state index in [2.05, 4.69) is 15.3 Å². The molecular weight excluding hydrogens is 316 g/mol. The van der Waals surface area contributed by atoms with E-state index < -0.39 is 0 Å². The molecule has 1 saturated carbocycles. The summed E-state index contributed by atoms with van der Waals surface area (Å²) in [5.74, 6) is 2.20. The van der Waals surface area contributed by atoms with Gasteiger partial charge in [-0.1, -0.05) is 0 Å². The molecule has 3 fully saturated rings. The number of hydrogen-bond acceptors (Lipinski definition) is 4. The van der Waals surface area contributed by atoms with E-state index in [1.165, 1.54) is 25.7 Å². The minimum Gasteiger partial charge on any atom is -0.378 e. The third-order valence-corrected chi connectivity index (χ3v) is 5.68. The van der Waals surface area contributed by atoms with Gasteiger partial charge in [-0.2, -0.15) is 0 Å².